The van der Waals surface area contributed by atoms with Gasteiger partial charge in [-0.05, 0) is 24.3 Å². The van der Waals surface area contributed by atoms with Crippen LogP contribution in [0.2, 0.25) is 0 Å². The van der Waals surface area contributed by atoms with E-state index < -0.39 is 0 Å². The second-order valence-corrected chi connectivity index (χ2v) is 3.56. The molecule has 0 bridgehead atoms. The normalized spacial score (nSPS) is 10.1. The second kappa shape index (κ2) is 4.18. The number of hydrogen-bond donors (Lipinski definition) is 0. The molecule has 0 fully saturated rings. The Morgan fingerprint density at radius 1 is 1.31 bits per heavy atom. The van der Waals surface area contributed by atoms with Crippen molar-refractivity contribution in [1.29, 1.82) is 0 Å². The molecular formula is C12H13N3O. The number of carbonyl (C=O) groups excluding carboxylic acids is 1. The van der Waals surface area contributed by atoms with Gasteiger partial charge in [0.1, 0.15) is 0 Å². The molecule has 0 aliphatic heterocycles. The average Bonchev–Trinajstić information content (AvgIpc) is 2.81. The van der Waals surface area contributed by atoms with E-state index in [1.165, 1.54) is 0 Å². The van der Waals surface area contributed by atoms with Crippen LogP contribution in [0.4, 0.5) is 5.69 Å². The third kappa shape index (κ3) is 1.95. The summed E-state index contributed by atoms with van der Waals surface area (Å²) in [5.74, 6) is 0.0235. The van der Waals surface area contributed by atoms with Gasteiger partial charge in [0.25, 0.3) is 0 Å². The zero-order valence-corrected chi connectivity index (χ0v) is 9.29. The summed E-state index contributed by atoms with van der Waals surface area (Å²) < 4.78 is 1.91. The van der Waals surface area contributed by atoms with Gasteiger partial charge in [-0.2, -0.15) is 0 Å². The lowest BCUT2D eigenvalue weighted by Gasteiger charge is -2.15. The standard InChI is InChI=1S/C12H13N3O/c1-10(16)14(2)11-3-5-12(6-4-11)15-8-7-13-9-15/h3-9H,1-2H3. The fourth-order valence-corrected chi connectivity index (χ4v) is 1.44. The average molecular weight is 215 g/mol. The van der Waals surface area contributed by atoms with E-state index in [2.05, 4.69) is 4.98 Å². The summed E-state index contributed by atoms with van der Waals surface area (Å²) in [4.78, 5) is 16.8. The molecule has 1 aromatic carbocycles. The monoisotopic (exact) mass is 215 g/mol. The highest BCUT2D eigenvalue weighted by Crippen LogP contribution is 2.16. The molecule has 0 unspecified atom stereocenters. The molecule has 4 heteroatoms. The van der Waals surface area contributed by atoms with Crippen LogP contribution in [0.1, 0.15) is 6.92 Å². The molecule has 16 heavy (non-hydrogen) atoms. The molecule has 0 radical (unpaired) electrons. The maximum Gasteiger partial charge on any atom is 0.223 e. The number of hydrogen-bond acceptors (Lipinski definition) is 2. The number of aromatic nitrogens is 2. The molecule has 1 amide bonds. The highest BCUT2D eigenvalue weighted by atomic mass is 16.2. The van der Waals surface area contributed by atoms with Crippen molar-refractivity contribution in [1.82, 2.24) is 9.55 Å². The van der Waals surface area contributed by atoms with Crippen LogP contribution in [0.25, 0.3) is 5.69 Å². The fourth-order valence-electron chi connectivity index (χ4n) is 1.44. The minimum atomic E-state index is 0.0235. The summed E-state index contributed by atoms with van der Waals surface area (Å²) in [6.07, 6.45) is 5.35. The second-order valence-electron chi connectivity index (χ2n) is 3.56. The Hall–Kier alpha value is -2.10. The lowest BCUT2D eigenvalue weighted by Crippen LogP contribution is -2.22. The first-order chi connectivity index (χ1) is 7.68. The van der Waals surface area contributed by atoms with Crippen LogP contribution in [0, 0.1) is 0 Å². The molecule has 2 rings (SSSR count). The van der Waals surface area contributed by atoms with Crippen LogP contribution in [-0.2, 0) is 4.79 Å². The van der Waals surface area contributed by atoms with Crippen LogP contribution in [0.15, 0.2) is 43.0 Å². The predicted molar refractivity (Wildman–Crippen MR) is 62.6 cm³/mol. The molecule has 1 heterocycles. The molecular weight excluding hydrogens is 202 g/mol. The van der Waals surface area contributed by atoms with Crippen molar-refractivity contribution in [2.45, 2.75) is 6.92 Å². The van der Waals surface area contributed by atoms with E-state index in [0.29, 0.717) is 0 Å². The number of carbonyl (C=O) groups is 1. The smallest absolute Gasteiger partial charge is 0.223 e. The third-order valence-corrected chi connectivity index (χ3v) is 2.51. The van der Waals surface area contributed by atoms with Crippen LogP contribution >= 0.6 is 0 Å². The van der Waals surface area contributed by atoms with Crippen molar-refractivity contribution >= 4 is 11.6 Å². The first-order valence-electron chi connectivity index (χ1n) is 5.01. The van der Waals surface area contributed by atoms with Crippen molar-refractivity contribution in [2.24, 2.45) is 0 Å². The zero-order valence-electron chi connectivity index (χ0n) is 9.29. The maximum atomic E-state index is 11.2. The molecule has 2 aromatic rings. The van der Waals surface area contributed by atoms with E-state index in [-0.39, 0.29) is 5.91 Å². The molecule has 0 aliphatic rings. The van der Waals surface area contributed by atoms with E-state index in [1.807, 2.05) is 35.0 Å². The van der Waals surface area contributed by atoms with Gasteiger partial charge in [0.15, 0.2) is 0 Å². The molecule has 82 valence electrons. The van der Waals surface area contributed by atoms with Gasteiger partial charge in [-0.25, -0.2) is 4.98 Å². The largest absolute Gasteiger partial charge is 0.316 e. The van der Waals surface area contributed by atoms with Gasteiger partial charge in [-0.3, -0.25) is 4.79 Å². The summed E-state index contributed by atoms with van der Waals surface area (Å²) in [6.45, 7) is 1.55. The van der Waals surface area contributed by atoms with E-state index in [4.69, 9.17) is 0 Å². The first kappa shape index (κ1) is 10.4. The van der Waals surface area contributed by atoms with Crippen molar-refractivity contribution < 1.29 is 4.79 Å². The number of imidazole rings is 1. The number of rotatable bonds is 2. The third-order valence-electron chi connectivity index (χ3n) is 2.51. The van der Waals surface area contributed by atoms with Crippen molar-refractivity contribution in [3.8, 4) is 5.69 Å². The van der Waals surface area contributed by atoms with Crippen molar-refractivity contribution in [2.75, 3.05) is 11.9 Å². The van der Waals surface area contributed by atoms with Gasteiger partial charge in [0, 0.05) is 37.7 Å². The van der Waals surface area contributed by atoms with E-state index >= 15 is 0 Å². The minimum Gasteiger partial charge on any atom is -0.316 e. The molecule has 0 spiro atoms. The molecule has 0 atom stereocenters. The lowest BCUT2D eigenvalue weighted by atomic mass is 10.2. The van der Waals surface area contributed by atoms with E-state index in [9.17, 15) is 4.79 Å². The van der Waals surface area contributed by atoms with Gasteiger partial charge in [0.2, 0.25) is 5.91 Å². The van der Waals surface area contributed by atoms with Crippen LogP contribution in [0.5, 0.6) is 0 Å². The van der Waals surface area contributed by atoms with Crippen molar-refractivity contribution in [3.05, 3.63) is 43.0 Å². The van der Waals surface area contributed by atoms with Gasteiger partial charge < -0.3 is 9.47 Å². The molecule has 0 N–H and O–H groups in total. The number of nitrogens with zero attached hydrogens (tertiary/aromatic N) is 3. The Kier molecular flexibility index (Phi) is 2.72. The maximum absolute atomic E-state index is 11.2. The Balaban J connectivity index is 2.26. The summed E-state index contributed by atoms with van der Waals surface area (Å²) in [5.41, 5.74) is 1.91. The van der Waals surface area contributed by atoms with E-state index in [0.717, 1.165) is 11.4 Å². The number of benzene rings is 1. The Bertz CT molecular complexity index is 473. The highest BCUT2D eigenvalue weighted by molar-refractivity contribution is 5.90. The quantitative estimate of drug-likeness (QED) is 0.766. The Labute approximate surface area is 94.1 Å². The zero-order chi connectivity index (χ0) is 11.5. The Morgan fingerprint density at radius 2 is 2.00 bits per heavy atom. The highest BCUT2D eigenvalue weighted by Gasteiger charge is 2.04. The SMILES string of the molecule is CC(=O)N(C)c1ccc(-n2ccnc2)cc1. The summed E-state index contributed by atoms with van der Waals surface area (Å²) in [5, 5.41) is 0. The van der Waals surface area contributed by atoms with Gasteiger partial charge in [-0.15, -0.1) is 0 Å². The fraction of sp³-hybridized carbons (Fsp3) is 0.167. The first-order valence-corrected chi connectivity index (χ1v) is 5.01. The van der Waals surface area contributed by atoms with Crippen LogP contribution in [0.3, 0.4) is 0 Å². The van der Waals surface area contributed by atoms with E-state index in [1.54, 1.807) is 31.4 Å². The number of anilines is 1. The molecule has 4 nitrogen and oxygen atoms in total. The summed E-state index contributed by atoms with van der Waals surface area (Å²) in [6, 6.07) is 7.74. The van der Waals surface area contributed by atoms with Gasteiger partial charge in [0.05, 0.1) is 6.33 Å². The molecule has 0 saturated heterocycles. The minimum absolute atomic E-state index is 0.0235. The molecule has 0 saturated carbocycles. The number of amides is 1. The summed E-state index contributed by atoms with van der Waals surface area (Å²) >= 11 is 0. The van der Waals surface area contributed by atoms with Gasteiger partial charge in [-0.1, -0.05) is 0 Å². The van der Waals surface area contributed by atoms with Crippen LogP contribution < -0.4 is 4.90 Å². The Morgan fingerprint density at radius 3 is 2.50 bits per heavy atom. The van der Waals surface area contributed by atoms with Crippen LogP contribution in [-0.4, -0.2) is 22.5 Å². The van der Waals surface area contributed by atoms with Gasteiger partial charge >= 0.3 is 0 Å². The lowest BCUT2D eigenvalue weighted by molar-refractivity contribution is -0.116. The molecule has 0 aliphatic carbocycles. The van der Waals surface area contributed by atoms with Crippen molar-refractivity contribution in [3.63, 3.8) is 0 Å². The topological polar surface area (TPSA) is 38.1 Å². The molecule has 1 aromatic heterocycles. The summed E-state index contributed by atoms with van der Waals surface area (Å²) in [7, 11) is 1.76. The predicted octanol–water partition coefficient (Wildman–Crippen LogP) is 1.85.